The van der Waals surface area contributed by atoms with Crippen LogP contribution in [0.2, 0.25) is 0 Å². The molecule has 0 saturated heterocycles. The summed E-state index contributed by atoms with van der Waals surface area (Å²) in [5.74, 6) is 0.193. The van der Waals surface area contributed by atoms with Crippen molar-refractivity contribution in [1.82, 2.24) is 5.32 Å². The second-order valence-corrected chi connectivity index (χ2v) is 5.19. The summed E-state index contributed by atoms with van der Waals surface area (Å²) in [6, 6.07) is 6.24. The summed E-state index contributed by atoms with van der Waals surface area (Å²) < 4.78 is 11.3. The van der Waals surface area contributed by atoms with Gasteiger partial charge in [-0.3, -0.25) is 0 Å². The third-order valence-electron chi connectivity index (χ3n) is 3.43. The molecule has 1 aliphatic carbocycles. The number of carboxylic acids is 1. The molecule has 2 rings (SSSR count). The van der Waals surface area contributed by atoms with Gasteiger partial charge in [0.2, 0.25) is 0 Å². The zero-order chi connectivity index (χ0) is 15.2. The van der Waals surface area contributed by atoms with Gasteiger partial charge in [0.25, 0.3) is 0 Å². The lowest BCUT2D eigenvalue weighted by atomic mass is 10.1. The van der Waals surface area contributed by atoms with Crippen LogP contribution in [0.1, 0.15) is 38.7 Å². The second kappa shape index (κ2) is 7.31. The molecule has 0 amide bonds. The minimum atomic E-state index is -0.954. The Labute approximate surface area is 125 Å². The highest BCUT2D eigenvalue weighted by Gasteiger charge is 2.24. The van der Waals surface area contributed by atoms with Crippen molar-refractivity contribution < 1.29 is 19.4 Å². The lowest BCUT2D eigenvalue weighted by Crippen LogP contribution is -2.27. The molecular weight excluding hydrogens is 270 g/mol. The highest BCUT2D eigenvalue weighted by Crippen LogP contribution is 2.33. The predicted molar refractivity (Wildman–Crippen MR) is 79.8 cm³/mol. The number of para-hydroxylation sites is 1. The number of benzene rings is 1. The summed E-state index contributed by atoms with van der Waals surface area (Å²) in [5, 5.41) is 12.6. The molecular formula is C16H23NO4. The molecule has 0 bridgehead atoms. The van der Waals surface area contributed by atoms with Crippen LogP contribution in [0.15, 0.2) is 18.2 Å². The Hall–Kier alpha value is -1.75. The van der Waals surface area contributed by atoms with Crippen molar-refractivity contribution in [1.29, 1.82) is 0 Å². The number of rotatable bonds is 9. The first-order valence-corrected chi connectivity index (χ1v) is 7.53. The van der Waals surface area contributed by atoms with Gasteiger partial charge in [0.15, 0.2) is 17.6 Å². The zero-order valence-corrected chi connectivity index (χ0v) is 12.6. The molecule has 0 spiro atoms. The Balaban J connectivity index is 2.20. The average molecular weight is 293 g/mol. The minimum absolute atomic E-state index is 0.408. The van der Waals surface area contributed by atoms with Gasteiger partial charge in [-0.15, -0.1) is 0 Å². The van der Waals surface area contributed by atoms with Crippen molar-refractivity contribution in [2.45, 2.75) is 51.8 Å². The molecule has 21 heavy (non-hydrogen) atoms. The number of carbonyl (C=O) groups is 1. The van der Waals surface area contributed by atoms with Gasteiger partial charge in [-0.1, -0.05) is 19.1 Å². The molecule has 0 aliphatic heterocycles. The highest BCUT2D eigenvalue weighted by molar-refractivity contribution is 5.73. The number of ether oxygens (including phenoxy) is 2. The van der Waals surface area contributed by atoms with Gasteiger partial charge in [-0.05, 0) is 32.3 Å². The van der Waals surface area contributed by atoms with Crippen LogP contribution in [0.3, 0.4) is 0 Å². The van der Waals surface area contributed by atoms with E-state index in [1.807, 2.05) is 25.1 Å². The van der Waals surface area contributed by atoms with E-state index >= 15 is 0 Å². The summed E-state index contributed by atoms with van der Waals surface area (Å²) in [7, 11) is 0. The Kier molecular flexibility index (Phi) is 5.44. The Morgan fingerprint density at radius 3 is 2.76 bits per heavy atom. The van der Waals surface area contributed by atoms with Gasteiger partial charge >= 0.3 is 5.97 Å². The van der Waals surface area contributed by atoms with E-state index in [9.17, 15) is 9.90 Å². The van der Waals surface area contributed by atoms with E-state index in [-0.39, 0.29) is 0 Å². The van der Waals surface area contributed by atoms with Crippen LogP contribution in [-0.2, 0) is 11.3 Å². The third kappa shape index (κ3) is 4.36. The standard InChI is InChI=1S/C16H23NO4/c1-3-13(16(18)19)21-15-11(10-17-12-8-9-12)6-5-7-14(15)20-4-2/h5-7,12-13,17H,3-4,8-10H2,1-2H3,(H,18,19). The smallest absolute Gasteiger partial charge is 0.344 e. The van der Waals surface area contributed by atoms with E-state index in [1.54, 1.807) is 6.92 Å². The van der Waals surface area contributed by atoms with E-state index in [0.717, 1.165) is 5.56 Å². The Bertz CT molecular complexity index is 485. The van der Waals surface area contributed by atoms with Crippen molar-refractivity contribution in [2.75, 3.05) is 6.61 Å². The van der Waals surface area contributed by atoms with E-state index in [0.29, 0.717) is 37.1 Å². The largest absolute Gasteiger partial charge is 0.490 e. The van der Waals surface area contributed by atoms with E-state index in [4.69, 9.17) is 9.47 Å². The molecule has 0 radical (unpaired) electrons. The lowest BCUT2D eigenvalue weighted by molar-refractivity contribution is -0.145. The first-order chi connectivity index (χ1) is 10.2. The molecule has 116 valence electrons. The summed E-state index contributed by atoms with van der Waals surface area (Å²) in [5.41, 5.74) is 0.938. The van der Waals surface area contributed by atoms with Crippen molar-refractivity contribution in [3.8, 4) is 11.5 Å². The fourth-order valence-corrected chi connectivity index (χ4v) is 2.10. The number of carboxylic acid groups (broad SMARTS) is 1. The maximum atomic E-state index is 11.2. The lowest BCUT2D eigenvalue weighted by Gasteiger charge is -2.19. The maximum Gasteiger partial charge on any atom is 0.344 e. The fraction of sp³-hybridized carbons (Fsp3) is 0.562. The quantitative estimate of drug-likeness (QED) is 0.732. The van der Waals surface area contributed by atoms with Crippen molar-refractivity contribution >= 4 is 5.97 Å². The van der Waals surface area contributed by atoms with E-state index in [1.165, 1.54) is 12.8 Å². The molecule has 1 aromatic rings. The molecule has 5 heteroatoms. The van der Waals surface area contributed by atoms with Crippen LogP contribution in [0.25, 0.3) is 0 Å². The van der Waals surface area contributed by atoms with Gasteiger partial charge in [0.1, 0.15) is 0 Å². The van der Waals surface area contributed by atoms with Gasteiger partial charge in [-0.25, -0.2) is 4.79 Å². The van der Waals surface area contributed by atoms with Gasteiger partial charge < -0.3 is 19.9 Å². The van der Waals surface area contributed by atoms with E-state index < -0.39 is 12.1 Å². The molecule has 1 atom stereocenters. The summed E-state index contributed by atoms with van der Waals surface area (Å²) >= 11 is 0. The van der Waals surface area contributed by atoms with Crippen LogP contribution in [0.5, 0.6) is 11.5 Å². The molecule has 1 aliphatic rings. The van der Waals surface area contributed by atoms with Crippen LogP contribution >= 0.6 is 0 Å². The summed E-state index contributed by atoms with van der Waals surface area (Å²) in [6.07, 6.45) is 1.96. The predicted octanol–water partition coefficient (Wildman–Crippen LogP) is 2.58. The number of aliphatic carboxylic acids is 1. The van der Waals surface area contributed by atoms with Gasteiger partial charge in [0, 0.05) is 18.2 Å². The third-order valence-corrected chi connectivity index (χ3v) is 3.43. The highest BCUT2D eigenvalue weighted by atomic mass is 16.5. The fourth-order valence-electron chi connectivity index (χ4n) is 2.10. The first kappa shape index (κ1) is 15.6. The Morgan fingerprint density at radius 2 is 2.19 bits per heavy atom. The van der Waals surface area contributed by atoms with Gasteiger partial charge in [0.05, 0.1) is 6.61 Å². The molecule has 0 heterocycles. The number of hydrogen-bond acceptors (Lipinski definition) is 4. The SMILES string of the molecule is CCOc1cccc(CNC2CC2)c1OC(CC)C(=O)O. The van der Waals surface area contributed by atoms with E-state index in [2.05, 4.69) is 5.32 Å². The van der Waals surface area contributed by atoms with Crippen molar-refractivity contribution in [2.24, 2.45) is 0 Å². The first-order valence-electron chi connectivity index (χ1n) is 7.53. The monoisotopic (exact) mass is 293 g/mol. The number of nitrogens with one attached hydrogen (secondary N) is 1. The second-order valence-electron chi connectivity index (χ2n) is 5.19. The van der Waals surface area contributed by atoms with Crippen molar-refractivity contribution in [3.05, 3.63) is 23.8 Å². The summed E-state index contributed by atoms with van der Waals surface area (Å²) in [6.45, 7) is 4.87. The van der Waals surface area contributed by atoms with Crippen LogP contribution < -0.4 is 14.8 Å². The average Bonchev–Trinajstić information content (AvgIpc) is 3.28. The van der Waals surface area contributed by atoms with Crippen LogP contribution in [0, 0.1) is 0 Å². The normalized spacial score (nSPS) is 15.5. The molecule has 1 unspecified atom stereocenters. The topological polar surface area (TPSA) is 67.8 Å². The molecule has 1 aromatic carbocycles. The molecule has 5 nitrogen and oxygen atoms in total. The van der Waals surface area contributed by atoms with Gasteiger partial charge in [-0.2, -0.15) is 0 Å². The van der Waals surface area contributed by atoms with Crippen molar-refractivity contribution in [3.63, 3.8) is 0 Å². The molecule has 2 N–H and O–H groups in total. The minimum Gasteiger partial charge on any atom is -0.490 e. The molecule has 0 aromatic heterocycles. The maximum absolute atomic E-state index is 11.2. The zero-order valence-electron chi connectivity index (χ0n) is 12.6. The van der Waals surface area contributed by atoms with Crippen LogP contribution in [-0.4, -0.2) is 29.8 Å². The van der Waals surface area contributed by atoms with Crippen LogP contribution in [0.4, 0.5) is 0 Å². The summed E-state index contributed by atoms with van der Waals surface area (Å²) in [4.78, 5) is 11.2. The molecule has 1 saturated carbocycles. The Morgan fingerprint density at radius 1 is 1.43 bits per heavy atom. The molecule has 1 fully saturated rings. The number of hydrogen-bond donors (Lipinski definition) is 2.